The van der Waals surface area contributed by atoms with E-state index in [2.05, 4.69) is 34.2 Å². The Morgan fingerprint density at radius 2 is 1.58 bits per heavy atom. The van der Waals surface area contributed by atoms with Crippen LogP contribution in [-0.2, 0) is 0 Å². The number of benzene rings is 2. The van der Waals surface area contributed by atoms with Gasteiger partial charge in [0.15, 0.2) is 0 Å². The van der Waals surface area contributed by atoms with E-state index in [0.29, 0.717) is 17.5 Å². The molecule has 0 fully saturated rings. The second-order valence-electron chi connectivity index (χ2n) is 5.50. The predicted molar refractivity (Wildman–Crippen MR) is 103 cm³/mol. The third kappa shape index (κ3) is 3.36. The molecule has 0 saturated carbocycles. The van der Waals surface area contributed by atoms with Gasteiger partial charge in [-0.25, -0.2) is 4.98 Å². The molecule has 0 amide bonds. The molecule has 0 radical (unpaired) electrons. The highest BCUT2D eigenvalue weighted by molar-refractivity contribution is 7.99. The highest BCUT2D eigenvalue weighted by Crippen LogP contribution is 2.31. The first kappa shape index (κ1) is 16.5. The third-order valence-electron chi connectivity index (χ3n) is 3.76. The van der Waals surface area contributed by atoms with Crippen LogP contribution in [0.15, 0.2) is 76.3 Å². The van der Waals surface area contributed by atoms with Crippen LogP contribution in [0, 0.1) is 0 Å². The van der Waals surface area contributed by atoms with Crippen LogP contribution in [0.3, 0.4) is 0 Å². The smallest absolute Gasteiger partial charge is 0.268 e. The van der Waals surface area contributed by atoms with Crippen molar-refractivity contribution in [3.8, 4) is 34.3 Å². The van der Waals surface area contributed by atoms with E-state index in [0.717, 1.165) is 22.6 Å². The van der Waals surface area contributed by atoms with E-state index in [9.17, 15) is 0 Å². The van der Waals surface area contributed by atoms with E-state index in [-0.39, 0.29) is 0 Å². The third-order valence-corrected chi connectivity index (χ3v) is 4.72. The van der Waals surface area contributed by atoms with Crippen LogP contribution >= 0.6 is 11.8 Å². The molecule has 0 N–H and O–H groups in total. The molecule has 2 heterocycles. The van der Waals surface area contributed by atoms with Crippen LogP contribution in [0.1, 0.15) is 6.92 Å². The van der Waals surface area contributed by atoms with E-state index in [1.54, 1.807) is 24.2 Å². The van der Waals surface area contributed by atoms with Crippen molar-refractivity contribution in [3.63, 3.8) is 0 Å². The molecule has 26 heavy (non-hydrogen) atoms. The summed E-state index contributed by atoms with van der Waals surface area (Å²) in [4.78, 5) is 10.2. The number of aromatic nitrogens is 4. The van der Waals surface area contributed by atoms with Crippen LogP contribution in [0.5, 0.6) is 0 Å². The van der Waals surface area contributed by atoms with Crippen LogP contribution in [-0.4, -0.2) is 25.9 Å². The molecule has 0 aliphatic heterocycles. The second-order valence-corrected chi connectivity index (χ2v) is 6.80. The van der Waals surface area contributed by atoms with Crippen LogP contribution < -0.4 is 0 Å². The van der Waals surface area contributed by atoms with Gasteiger partial charge in [-0.1, -0.05) is 43.3 Å². The summed E-state index contributed by atoms with van der Waals surface area (Å²) in [7, 11) is 0. The Labute approximate surface area is 155 Å². The van der Waals surface area contributed by atoms with Gasteiger partial charge in [0.2, 0.25) is 5.89 Å². The molecule has 0 aliphatic rings. The maximum Gasteiger partial charge on any atom is 0.268 e. The normalized spacial score (nSPS) is 10.8. The number of nitrogens with zero attached hydrogens (tertiary/aromatic N) is 4. The summed E-state index contributed by atoms with van der Waals surface area (Å²) in [6, 6.07) is 17.8. The van der Waals surface area contributed by atoms with E-state index in [4.69, 9.17) is 9.40 Å². The van der Waals surface area contributed by atoms with Crippen molar-refractivity contribution < 1.29 is 4.42 Å². The Hall–Kier alpha value is -2.99. The molecule has 0 unspecified atom stereocenters. The first-order chi connectivity index (χ1) is 12.8. The lowest BCUT2D eigenvalue weighted by Gasteiger charge is -2.07. The Kier molecular flexibility index (Phi) is 4.75. The largest absolute Gasteiger partial charge is 0.415 e. The van der Waals surface area contributed by atoms with Gasteiger partial charge in [-0.2, -0.15) is 0 Å². The van der Waals surface area contributed by atoms with E-state index < -0.39 is 0 Å². The Morgan fingerprint density at radius 3 is 2.42 bits per heavy atom. The molecule has 6 heteroatoms. The number of hydrogen-bond acceptors (Lipinski definition) is 6. The van der Waals surface area contributed by atoms with Gasteiger partial charge in [0.05, 0.1) is 18.1 Å². The van der Waals surface area contributed by atoms with Gasteiger partial charge < -0.3 is 4.42 Å². The first-order valence-electron chi connectivity index (χ1n) is 8.28. The zero-order valence-electron chi connectivity index (χ0n) is 14.2. The Bertz CT molecular complexity index is 1020. The predicted octanol–water partition coefficient (Wildman–Crippen LogP) is 4.97. The fourth-order valence-electron chi connectivity index (χ4n) is 2.58. The second kappa shape index (κ2) is 7.49. The molecule has 2 aromatic carbocycles. The first-order valence-corrected chi connectivity index (χ1v) is 9.27. The lowest BCUT2D eigenvalue weighted by Crippen LogP contribution is -1.92. The molecule has 5 nitrogen and oxygen atoms in total. The van der Waals surface area contributed by atoms with Gasteiger partial charge >= 0.3 is 0 Å². The SMILES string of the molecule is CCSc1ccccc1-c1cncc(-c2nnc(-c3ccccc3)o2)n1. The lowest BCUT2D eigenvalue weighted by molar-refractivity contribution is 0.582. The summed E-state index contributed by atoms with van der Waals surface area (Å²) < 4.78 is 5.79. The van der Waals surface area contributed by atoms with Crippen molar-refractivity contribution in [2.45, 2.75) is 11.8 Å². The van der Waals surface area contributed by atoms with Crippen molar-refractivity contribution in [3.05, 3.63) is 67.0 Å². The standard InChI is InChI=1S/C20H16N4OS/c1-2-26-18-11-7-6-10-15(18)16-12-21-13-17(22-16)20-24-23-19(25-20)14-8-4-3-5-9-14/h3-13H,2H2,1H3. The van der Waals surface area contributed by atoms with Crippen LogP contribution in [0.2, 0.25) is 0 Å². The van der Waals surface area contributed by atoms with Gasteiger partial charge in [-0.15, -0.1) is 22.0 Å². The summed E-state index contributed by atoms with van der Waals surface area (Å²) in [6.45, 7) is 2.13. The molecule has 4 aromatic rings. The minimum absolute atomic E-state index is 0.360. The van der Waals surface area contributed by atoms with E-state index in [1.807, 2.05) is 42.5 Å². The quantitative estimate of drug-likeness (QED) is 0.468. The average Bonchev–Trinajstić information content (AvgIpc) is 3.20. The average molecular weight is 360 g/mol. The molecule has 0 atom stereocenters. The zero-order chi connectivity index (χ0) is 17.8. The summed E-state index contributed by atoms with van der Waals surface area (Å²) in [6.07, 6.45) is 3.40. The van der Waals surface area contributed by atoms with Gasteiger partial charge in [0.25, 0.3) is 5.89 Å². The molecule has 128 valence electrons. The molecule has 0 aliphatic carbocycles. The van der Waals surface area contributed by atoms with Gasteiger partial charge in [-0.3, -0.25) is 4.98 Å². The maximum absolute atomic E-state index is 5.79. The summed E-state index contributed by atoms with van der Waals surface area (Å²) in [5.41, 5.74) is 3.28. The van der Waals surface area contributed by atoms with Crippen molar-refractivity contribution in [2.75, 3.05) is 5.75 Å². The minimum Gasteiger partial charge on any atom is -0.415 e. The highest BCUT2D eigenvalue weighted by Gasteiger charge is 2.14. The zero-order valence-corrected chi connectivity index (χ0v) is 15.0. The summed E-state index contributed by atoms with van der Waals surface area (Å²) in [5, 5.41) is 8.26. The number of rotatable bonds is 5. The highest BCUT2D eigenvalue weighted by atomic mass is 32.2. The number of thioether (sulfide) groups is 1. The molecule has 4 rings (SSSR count). The number of hydrogen-bond donors (Lipinski definition) is 0. The summed E-state index contributed by atoms with van der Waals surface area (Å²) >= 11 is 1.78. The molecular formula is C20H16N4OS. The monoisotopic (exact) mass is 360 g/mol. The van der Waals surface area contributed by atoms with Crippen LogP contribution in [0.4, 0.5) is 0 Å². The minimum atomic E-state index is 0.360. The fraction of sp³-hybridized carbons (Fsp3) is 0.100. The lowest BCUT2D eigenvalue weighted by atomic mass is 10.1. The van der Waals surface area contributed by atoms with Gasteiger partial charge in [0, 0.05) is 16.0 Å². The van der Waals surface area contributed by atoms with E-state index in [1.165, 1.54) is 4.90 Å². The molecule has 2 aromatic heterocycles. The van der Waals surface area contributed by atoms with Crippen molar-refractivity contribution in [1.82, 2.24) is 20.2 Å². The van der Waals surface area contributed by atoms with Crippen molar-refractivity contribution >= 4 is 11.8 Å². The maximum atomic E-state index is 5.79. The topological polar surface area (TPSA) is 64.7 Å². The van der Waals surface area contributed by atoms with Crippen molar-refractivity contribution in [1.29, 1.82) is 0 Å². The van der Waals surface area contributed by atoms with Crippen molar-refractivity contribution in [2.24, 2.45) is 0 Å². The van der Waals surface area contributed by atoms with Crippen LogP contribution in [0.25, 0.3) is 34.3 Å². The molecule has 0 saturated heterocycles. The molecular weight excluding hydrogens is 344 g/mol. The fourth-order valence-corrected chi connectivity index (χ4v) is 3.40. The van der Waals surface area contributed by atoms with E-state index >= 15 is 0 Å². The summed E-state index contributed by atoms with van der Waals surface area (Å²) in [5.74, 6) is 1.82. The Balaban J connectivity index is 1.70. The van der Waals surface area contributed by atoms with Gasteiger partial charge in [-0.05, 0) is 24.0 Å². The van der Waals surface area contributed by atoms with Gasteiger partial charge in [0.1, 0.15) is 5.69 Å². The molecule has 0 spiro atoms. The molecule has 0 bridgehead atoms. The Morgan fingerprint density at radius 1 is 0.846 bits per heavy atom.